The van der Waals surface area contributed by atoms with Gasteiger partial charge in [-0.1, -0.05) is 0 Å². The minimum Gasteiger partial charge on any atom is -0.377 e. The molecule has 0 saturated heterocycles. The van der Waals surface area contributed by atoms with Crippen LogP contribution in [0.25, 0.3) is 0 Å². The van der Waals surface area contributed by atoms with Crippen molar-refractivity contribution >= 4 is 17.2 Å². The first-order valence-corrected chi connectivity index (χ1v) is 8.19. The molecule has 1 aromatic heterocycles. The summed E-state index contributed by atoms with van der Waals surface area (Å²) in [6, 6.07) is 2.14. The quantitative estimate of drug-likeness (QED) is 0.900. The second-order valence-corrected chi connectivity index (χ2v) is 6.78. The first-order chi connectivity index (χ1) is 9.72. The number of methoxy groups -OCH3 is 1. The van der Waals surface area contributed by atoms with Crippen LogP contribution in [0.1, 0.15) is 29.7 Å². The average molecular weight is 294 g/mol. The third kappa shape index (κ3) is 2.75. The molecule has 1 aliphatic heterocycles. The van der Waals surface area contributed by atoms with Gasteiger partial charge in [0.05, 0.1) is 12.1 Å². The highest BCUT2D eigenvalue weighted by molar-refractivity contribution is 7.10. The molecule has 1 fully saturated rings. The fraction of sp³-hybridized carbons (Fsp3) is 0.667. The number of carbonyl (C=O) groups excluding carboxylic acids is 1. The van der Waals surface area contributed by atoms with Gasteiger partial charge >= 0.3 is 0 Å². The highest BCUT2D eigenvalue weighted by Gasteiger charge is 2.36. The van der Waals surface area contributed by atoms with E-state index >= 15 is 0 Å². The van der Waals surface area contributed by atoms with Gasteiger partial charge in [-0.3, -0.25) is 4.79 Å². The zero-order valence-electron chi connectivity index (χ0n) is 12.0. The van der Waals surface area contributed by atoms with E-state index in [1.165, 1.54) is 16.9 Å². The summed E-state index contributed by atoms with van der Waals surface area (Å²) in [5.74, 6) is 0.201. The summed E-state index contributed by atoms with van der Waals surface area (Å²) in [7, 11) is 1.77. The van der Waals surface area contributed by atoms with Gasteiger partial charge in [0.25, 0.3) is 0 Å². The molecule has 1 saturated carbocycles. The lowest BCUT2D eigenvalue weighted by atomic mass is 9.80. The molecule has 0 atom stereocenters. The second-order valence-electron chi connectivity index (χ2n) is 5.78. The van der Waals surface area contributed by atoms with Crippen molar-refractivity contribution in [1.82, 2.24) is 10.2 Å². The van der Waals surface area contributed by atoms with Crippen LogP contribution in [-0.4, -0.2) is 43.2 Å². The van der Waals surface area contributed by atoms with E-state index in [1.807, 2.05) is 4.90 Å². The number of thiophene rings is 1. The van der Waals surface area contributed by atoms with Gasteiger partial charge in [-0.2, -0.15) is 0 Å². The Labute approximate surface area is 124 Å². The number of hydrogen-bond acceptors (Lipinski definition) is 4. The molecule has 110 valence electrons. The van der Waals surface area contributed by atoms with E-state index in [2.05, 4.69) is 16.8 Å². The van der Waals surface area contributed by atoms with E-state index in [1.54, 1.807) is 18.4 Å². The minimum atomic E-state index is -0.0112. The molecule has 1 aromatic rings. The predicted octanol–water partition coefficient (Wildman–Crippen LogP) is 1.79. The van der Waals surface area contributed by atoms with Crippen LogP contribution >= 0.6 is 11.3 Å². The summed E-state index contributed by atoms with van der Waals surface area (Å²) in [4.78, 5) is 15.6. The predicted molar refractivity (Wildman–Crippen MR) is 79.9 cm³/mol. The SMILES string of the molecule is COC1(CNCC(=O)N2CCc3sccc3C2)CCC1. The Balaban J connectivity index is 1.46. The minimum absolute atomic E-state index is 0.0112. The zero-order valence-corrected chi connectivity index (χ0v) is 12.8. The van der Waals surface area contributed by atoms with Gasteiger partial charge in [-0.15, -0.1) is 11.3 Å². The van der Waals surface area contributed by atoms with Gasteiger partial charge in [0.2, 0.25) is 5.91 Å². The van der Waals surface area contributed by atoms with E-state index in [9.17, 15) is 4.79 Å². The number of hydrogen-bond donors (Lipinski definition) is 1. The zero-order chi connectivity index (χ0) is 14.0. The van der Waals surface area contributed by atoms with E-state index in [0.29, 0.717) is 6.54 Å². The molecule has 0 radical (unpaired) electrons. The van der Waals surface area contributed by atoms with Gasteiger partial charge < -0.3 is 15.0 Å². The molecule has 0 unspecified atom stereocenters. The molecule has 1 aliphatic carbocycles. The van der Waals surface area contributed by atoms with Crippen molar-refractivity contribution in [2.75, 3.05) is 26.7 Å². The number of fused-ring (bicyclic) bond motifs is 1. The van der Waals surface area contributed by atoms with Crippen molar-refractivity contribution in [2.24, 2.45) is 0 Å². The van der Waals surface area contributed by atoms with Gasteiger partial charge in [0, 0.05) is 31.6 Å². The summed E-state index contributed by atoms with van der Waals surface area (Å²) >= 11 is 1.80. The number of carbonyl (C=O) groups is 1. The van der Waals surface area contributed by atoms with Crippen LogP contribution in [0, 0.1) is 0 Å². The summed E-state index contributed by atoms with van der Waals surface area (Å²) in [5.41, 5.74) is 1.31. The van der Waals surface area contributed by atoms with E-state index in [-0.39, 0.29) is 11.5 Å². The van der Waals surface area contributed by atoms with Crippen LogP contribution in [0.4, 0.5) is 0 Å². The molecule has 4 nitrogen and oxygen atoms in total. The summed E-state index contributed by atoms with van der Waals surface area (Å²) in [5, 5.41) is 5.40. The molecule has 3 rings (SSSR count). The molecular weight excluding hydrogens is 272 g/mol. The van der Waals surface area contributed by atoms with Crippen LogP contribution in [0.2, 0.25) is 0 Å². The highest BCUT2D eigenvalue weighted by Crippen LogP contribution is 2.34. The Bertz CT molecular complexity index is 476. The number of nitrogens with zero attached hydrogens (tertiary/aromatic N) is 1. The molecule has 2 heterocycles. The first kappa shape index (κ1) is 14.0. The van der Waals surface area contributed by atoms with Gasteiger partial charge in [0.1, 0.15) is 0 Å². The fourth-order valence-corrected chi connectivity index (χ4v) is 3.88. The molecule has 0 aromatic carbocycles. The molecule has 0 spiro atoms. The normalized spacial score (nSPS) is 20.4. The average Bonchev–Trinajstić information content (AvgIpc) is 2.88. The maximum Gasteiger partial charge on any atom is 0.236 e. The van der Waals surface area contributed by atoms with Crippen LogP contribution in [0.3, 0.4) is 0 Å². The standard InChI is InChI=1S/C15H22N2O2S/c1-19-15(5-2-6-15)11-16-9-14(18)17-7-3-13-12(10-17)4-8-20-13/h4,8,16H,2-3,5-7,9-11H2,1H3. The second kappa shape index (κ2) is 5.84. The van der Waals surface area contributed by atoms with Crippen LogP contribution in [-0.2, 0) is 22.5 Å². The number of ether oxygens (including phenoxy) is 1. The monoisotopic (exact) mass is 294 g/mol. The van der Waals surface area contributed by atoms with E-state index in [4.69, 9.17) is 4.74 Å². The number of nitrogens with one attached hydrogen (secondary N) is 1. The smallest absolute Gasteiger partial charge is 0.236 e. The molecule has 1 N–H and O–H groups in total. The molecule has 1 amide bonds. The van der Waals surface area contributed by atoms with Gasteiger partial charge in [-0.05, 0) is 42.7 Å². The van der Waals surface area contributed by atoms with Crippen molar-refractivity contribution in [2.45, 2.75) is 37.8 Å². The van der Waals surface area contributed by atoms with Crippen molar-refractivity contribution in [1.29, 1.82) is 0 Å². The Morgan fingerprint density at radius 2 is 2.40 bits per heavy atom. The molecule has 5 heteroatoms. The first-order valence-electron chi connectivity index (χ1n) is 7.31. The van der Waals surface area contributed by atoms with Crippen molar-refractivity contribution in [3.8, 4) is 0 Å². The van der Waals surface area contributed by atoms with Gasteiger partial charge in [0.15, 0.2) is 0 Å². The summed E-state index contributed by atoms with van der Waals surface area (Å²) in [6.45, 7) is 2.83. The van der Waals surface area contributed by atoms with Crippen molar-refractivity contribution in [3.63, 3.8) is 0 Å². The highest BCUT2D eigenvalue weighted by atomic mass is 32.1. The van der Waals surface area contributed by atoms with Crippen LogP contribution in [0.15, 0.2) is 11.4 Å². The third-order valence-electron chi connectivity index (χ3n) is 4.58. The van der Waals surface area contributed by atoms with Crippen molar-refractivity contribution < 1.29 is 9.53 Å². The molecule has 0 bridgehead atoms. The third-order valence-corrected chi connectivity index (χ3v) is 5.60. The maximum atomic E-state index is 12.2. The topological polar surface area (TPSA) is 41.6 Å². The van der Waals surface area contributed by atoms with Crippen LogP contribution in [0.5, 0.6) is 0 Å². The van der Waals surface area contributed by atoms with Crippen molar-refractivity contribution in [3.05, 3.63) is 21.9 Å². The summed E-state index contributed by atoms with van der Waals surface area (Å²) < 4.78 is 5.55. The Kier molecular flexibility index (Phi) is 4.10. The Morgan fingerprint density at radius 3 is 3.10 bits per heavy atom. The summed E-state index contributed by atoms with van der Waals surface area (Å²) in [6.07, 6.45) is 4.44. The Hall–Kier alpha value is -0.910. The molecule has 20 heavy (non-hydrogen) atoms. The van der Waals surface area contributed by atoms with Gasteiger partial charge in [-0.25, -0.2) is 0 Å². The lowest BCUT2D eigenvalue weighted by Gasteiger charge is -2.40. The lowest BCUT2D eigenvalue weighted by Crippen LogP contribution is -2.50. The maximum absolute atomic E-state index is 12.2. The fourth-order valence-electron chi connectivity index (χ4n) is 2.99. The lowest BCUT2D eigenvalue weighted by molar-refractivity contribution is -0.131. The molecule has 2 aliphatic rings. The van der Waals surface area contributed by atoms with E-state index < -0.39 is 0 Å². The van der Waals surface area contributed by atoms with E-state index in [0.717, 1.165) is 38.9 Å². The number of amides is 1. The van der Waals surface area contributed by atoms with Crippen LogP contribution < -0.4 is 5.32 Å². The largest absolute Gasteiger partial charge is 0.377 e. The molecular formula is C15H22N2O2S. The number of rotatable bonds is 5. The Morgan fingerprint density at radius 1 is 1.55 bits per heavy atom.